The molecule has 6 nitrogen and oxygen atoms in total. The number of rotatable bonds is 17. The van der Waals surface area contributed by atoms with Crippen LogP contribution in [0.3, 0.4) is 0 Å². The number of aliphatic hydroxyl groups excluding tert-OH is 2. The molecule has 7 unspecified atom stereocenters. The average Bonchev–Trinajstić information content (AvgIpc) is 3.25. The summed E-state index contributed by atoms with van der Waals surface area (Å²) >= 11 is 0. The first-order chi connectivity index (χ1) is 20.5. The van der Waals surface area contributed by atoms with Crippen LogP contribution in [0.5, 0.6) is 0 Å². The molecule has 0 aromatic rings. The molecule has 0 aromatic carbocycles. The van der Waals surface area contributed by atoms with Gasteiger partial charge in [-0.05, 0) is 62.5 Å². The molecule has 0 aliphatic heterocycles. The molecule has 6 heteroatoms. The van der Waals surface area contributed by atoms with Gasteiger partial charge in [0.05, 0.1) is 6.10 Å². The summed E-state index contributed by atoms with van der Waals surface area (Å²) in [5.41, 5.74) is -1.73. The molecule has 242 valence electrons. The molecule has 7 atom stereocenters. The number of fused-ring (bicyclic) bond motifs is 5. The summed E-state index contributed by atoms with van der Waals surface area (Å²) in [6, 6.07) is 0. The van der Waals surface area contributed by atoms with Gasteiger partial charge >= 0.3 is 0 Å². The van der Waals surface area contributed by atoms with Crippen molar-refractivity contribution in [3.05, 3.63) is 23.3 Å². The molecule has 43 heavy (non-hydrogen) atoms. The van der Waals surface area contributed by atoms with Crippen molar-refractivity contribution in [2.75, 3.05) is 6.61 Å². The zero-order valence-corrected chi connectivity index (χ0v) is 27.2. The van der Waals surface area contributed by atoms with Crippen LogP contribution in [-0.4, -0.2) is 51.0 Å². The minimum Gasteiger partial charge on any atom is -0.393 e. The van der Waals surface area contributed by atoms with Crippen LogP contribution >= 0.6 is 0 Å². The predicted molar refractivity (Wildman–Crippen MR) is 169 cm³/mol. The molecular weight excluding hydrogens is 540 g/mol. The van der Waals surface area contributed by atoms with Crippen LogP contribution in [0.4, 0.5) is 0 Å². The Morgan fingerprint density at radius 3 is 2.05 bits per heavy atom. The van der Waals surface area contributed by atoms with E-state index in [0.717, 1.165) is 31.3 Å². The number of hydrogen-bond donors (Lipinski definition) is 3. The predicted octanol–water partition coefficient (Wildman–Crippen LogP) is 6.98. The van der Waals surface area contributed by atoms with E-state index < -0.39 is 34.9 Å². The smallest absolute Gasteiger partial charge is 0.190 e. The van der Waals surface area contributed by atoms with Crippen LogP contribution in [0.1, 0.15) is 143 Å². The van der Waals surface area contributed by atoms with E-state index in [0.29, 0.717) is 24.8 Å². The summed E-state index contributed by atoms with van der Waals surface area (Å²) < 4.78 is 0. The van der Waals surface area contributed by atoms with E-state index in [1.54, 1.807) is 6.08 Å². The van der Waals surface area contributed by atoms with Crippen molar-refractivity contribution in [1.29, 1.82) is 0 Å². The fraction of sp³-hybridized carbons (Fsp3) is 0.811. The third kappa shape index (κ3) is 6.67. The molecule has 0 heterocycles. The van der Waals surface area contributed by atoms with Crippen LogP contribution in [0.2, 0.25) is 0 Å². The number of allylic oxidation sites excluding steroid dienone is 4. The standard InChI is InChI=1S/C37H58O6/c1-4-5-6-7-8-9-10-11-12-13-14-15-16-17-31(40)30-23-27(39)22-26-18-19-28-29-20-21-37(43,33(42)25-38)35(29,2)24-32(41)34(28)36(26,30)3/h22-23,28-29,32,34,38,41,43H,4-21,24-25H2,1-3H3. The Balaban J connectivity index is 1.34. The highest BCUT2D eigenvalue weighted by Crippen LogP contribution is 2.68. The van der Waals surface area contributed by atoms with Crippen molar-refractivity contribution < 1.29 is 29.7 Å². The van der Waals surface area contributed by atoms with Gasteiger partial charge in [-0.25, -0.2) is 0 Å². The number of Topliss-reactive ketones (excluding diaryl/α,β-unsaturated/α-hetero) is 2. The number of unbranched alkanes of at least 4 members (excludes halogenated alkanes) is 12. The van der Waals surface area contributed by atoms with Gasteiger partial charge in [0.25, 0.3) is 0 Å². The summed E-state index contributed by atoms with van der Waals surface area (Å²) in [6.07, 6.45) is 21.5. The van der Waals surface area contributed by atoms with E-state index >= 15 is 0 Å². The maximum absolute atomic E-state index is 13.8. The quantitative estimate of drug-likeness (QED) is 0.156. The highest BCUT2D eigenvalue weighted by atomic mass is 16.3. The molecule has 4 rings (SSSR count). The van der Waals surface area contributed by atoms with Crippen LogP contribution in [-0.2, 0) is 14.4 Å². The summed E-state index contributed by atoms with van der Waals surface area (Å²) in [7, 11) is 0. The average molecular weight is 599 g/mol. The number of carbonyl (C=O) groups is 3. The second-order valence-corrected chi connectivity index (χ2v) is 14.8. The number of ketones is 3. The highest BCUT2D eigenvalue weighted by Gasteiger charge is 2.68. The number of aliphatic hydroxyl groups is 3. The molecule has 0 saturated heterocycles. The normalized spacial score (nSPS) is 35.1. The first kappa shape index (κ1) is 34.2. The van der Waals surface area contributed by atoms with Crippen molar-refractivity contribution in [2.24, 2.45) is 28.6 Å². The summed E-state index contributed by atoms with van der Waals surface area (Å²) in [5.74, 6) is -0.940. The Morgan fingerprint density at radius 2 is 1.47 bits per heavy atom. The van der Waals surface area contributed by atoms with Crippen LogP contribution in [0.25, 0.3) is 0 Å². The van der Waals surface area contributed by atoms with Gasteiger partial charge in [-0.1, -0.05) is 103 Å². The number of carbonyl (C=O) groups excluding carboxylic acids is 3. The minimum absolute atomic E-state index is 0.00480. The zero-order chi connectivity index (χ0) is 31.3. The van der Waals surface area contributed by atoms with Crippen molar-refractivity contribution >= 4 is 17.3 Å². The van der Waals surface area contributed by atoms with Crippen LogP contribution in [0.15, 0.2) is 23.3 Å². The molecule has 3 fully saturated rings. The van der Waals surface area contributed by atoms with E-state index in [-0.39, 0.29) is 42.2 Å². The maximum atomic E-state index is 13.8. The van der Waals surface area contributed by atoms with E-state index in [4.69, 9.17) is 0 Å². The first-order valence-corrected chi connectivity index (χ1v) is 17.6. The minimum atomic E-state index is -1.65. The first-order valence-electron chi connectivity index (χ1n) is 17.6. The van der Waals surface area contributed by atoms with Crippen molar-refractivity contribution in [3.8, 4) is 0 Å². The van der Waals surface area contributed by atoms with E-state index in [9.17, 15) is 29.7 Å². The lowest BCUT2D eigenvalue weighted by Gasteiger charge is -2.60. The second kappa shape index (κ2) is 14.6. The topological polar surface area (TPSA) is 112 Å². The molecule has 0 amide bonds. The van der Waals surface area contributed by atoms with Gasteiger partial charge in [0.2, 0.25) is 0 Å². The fourth-order valence-electron chi connectivity index (χ4n) is 9.85. The van der Waals surface area contributed by atoms with Crippen LogP contribution < -0.4 is 0 Å². The van der Waals surface area contributed by atoms with Gasteiger partial charge in [-0.3, -0.25) is 14.4 Å². The third-order valence-electron chi connectivity index (χ3n) is 12.3. The molecule has 0 radical (unpaired) electrons. The lowest BCUT2D eigenvalue weighted by Crippen LogP contribution is -2.62. The maximum Gasteiger partial charge on any atom is 0.190 e. The molecular formula is C37H58O6. The zero-order valence-electron chi connectivity index (χ0n) is 27.2. The van der Waals surface area contributed by atoms with Crippen LogP contribution in [0, 0.1) is 28.6 Å². The molecule has 0 spiro atoms. The van der Waals surface area contributed by atoms with Gasteiger partial charge in [0.15, 0.2) is 17.3 Å². The van der Waals surface area contributed by atoms with Gasteiger partial charge in [0.1, 0.15) is 12.2 Å². The summed E-state index contributed by atoms with van der Waals surface area (Å²) in [6.45, 7) is 5.48. The Kier molecular flexibility index (Phi) is 11.7. The molecule has 4 aliphatic rings. The Hall–Kier alpha value is -1.63. The third-order valence-corrected chi connectivity index (χ3v) is 12.3. The molecule has 3 N–H and O–H groups in total. The molecule has 3 saturated carbocycles. The van der Waals surface area contributed by atoms with Crippen molar-refractivity contribution in [3.63, 3.8) is 0 Å². The van der Waals surface area contributed by atoms with Gasteiger partial charge in [-0.2, -0.15) is 0 Å². The van der Waals surface area contributed by atoms with Gasteiger partial charge in [-0.15, -0.1) is 0 Å². The Bertz CT molecular complexity index is 1070. The molecule has 0 aromatic heterocycles. The van der Waals surface area contributed by atoms with Crippen molar-refractivity contribution in [2.45, 2.75) is 154 Å². The largest absolute Gasteiger partial charge is 0.393 e. The summed E-state index contributed by atoms with van der Waals surface area (Å²) in [5, 5.41) is 32.9. The lowest BCUT2D eigenvalue weighted by molar-refractivity contribution is -0.179. The number of hydrogen-bond acceptors (Lipinski definition) is 6. The Morgan fingerprint density at radius 1 is 0.884 bits per heavy atom. The van der Waals surface area contributed by atoms with Gasteiger partial charge < -0.3 is 15.3 Å². The van der Waals surface area contributed by atoms with E-state index in [1.807, 2.05) is 13.8 Å². The van der Waals surface area contributed by atoms with E-state index in [2.05, 4.69) is 6.92 Å². The second-order valence-electron chi connectivity index (χ2n) is 14.8. The van der Waals surface area contributed by atoms with E-state index in [1.165, 1.54) is 70.3 Å². The molecule has 0 bridgehead atoms. The fourth-order valence-corrected chi connectivity index (χ4v) is 9.85. The monoisotopic (exact) mass is 598 g/mol. The summed E-state index contributed by atoms with van der Waals surface area (Å²) in [4.78, 5) is 39.3. The Labute approximate surface area is 259 Å². The van der Waals surface area contributed by atoms with Gasteiger partial charge in [0, 0.05) is 28.7 Å². The highest BCUT2D eigenvalue weighted by molar-refractivity contribution is 6.10. The lowest BCUT2D eigenvalue weighted by atomic mass is 9.44. The molecule has 4 aliphatic carbocycles. The SMILES string of the molecule is CCCCCCCCCCCCCCCC(=O)C1=CC(=O)C=C2CCC3C(C(O)CC4(C)C3CCC4(O)C(=O)CO)C21C. The van der Waals surface area contributed by atoms with Crippen molar-refractivity contribution in [1.82, 2.24) is 0 Å².